The van der Waals surface area contributed by atoms with Gasteiger partial charge in [-0.05, 0) is 15.4 Å². The molecule has 0 aliphatic heterocycles. The Hall–Kier alpha value is -0.980. The van der Waals surface area contributed by atoms with E-state index < -0.39 is 15.8 Å². The van der Waals surface area contributed by atoms with E-state index in [1.807, 2.05) is 0 Å². The number of aromatic nitrogens is 2. The van der Waals surface area contributed by atoms with Gasteiger partial charge in [-0.25, -0.2) is 0 Å². The van der Waals surface area contributed by atoms with Crippen LogP contribution in [0, 0.1) is 0 Å². The van der Waals surface area contributed by atoms with Crippen LogP contribution in [0.3, 0.4) is 0 Å². The van der Waals surface area contributed by atoms with E-state index in [0.29, 0.717) is 6.20 Å². The molecule has 7 heteroatoms. The van der Waals surface area contributed by atoms with Gasteiger partial charge >= 0.3 is 6.30 Å². The molecule has 3 nitrogen and oxygen atoms in total. The van der Waals surface area contributed by atoms with Crippen molar-refractivity contribution in [2.24, 2.45) is 0 Å². The van der Waals surface area contributed by atoms with Crippen molar-refractivity contribution >= 4 is 15.4 Å². The van der Waals surface area contributed by atoms with Crippen LogP contribution in [0.5, 0.6) is 0 Å². The molecular weight excluding hydrogens is 205 g/mol. The van der Waals surface area contributed by atoms with E-state index in [4.69, 9.17) is 0 Å². The Morgan fingerprint density at radius 3 is 2.38 bits per heavy atom. The average molecular weight is 212 g/mol. The fourth-order valence-corrected chi connectivity index (χ4v) is 1.26. The summed E-state index contributed by atoms with van der Waals surface area (Å²) in [5, 5.41) is 3.03. The Balaban J connectivity index is 3.16. The van der Waals surface area contributed by atoms with Gasteiger partial charge in [0.15, 0.2) is 0 Å². The highest BCUT2D eigenvalue weighted by atomic mass is 32.2. The van der Waals surface area contributed by atoms with E-state index in [-0.39, 0.29) is 9.58 Å². The summed E-state index contributed by atoms with van der Waals surface area (Å²) in [6, 6.07) is 0. The van der Waals surface area contributed by atoms with Gasteiger partial charge in [-0.3, -0.25) is 4.21 Å². The lowest BCUT2D eigenvalue weighted by Crippen LogP contribution is -2.16. The molecule has 1 aromatic heterocycles. The number of rotatable bonds is 1. The molecule has 1 atom stereocenters. The maximum atomic E-state index is 12.0. The molecule has 0 saturated heterocycles. The lowest BCUT2D eigenvalue weighted by molar-refractivity contribution is -0.212. The minimum atomic E-state index is -4.57. The summed E-state index contributed by atoms with van der Waals surface area (Å²) in [6.45, 7) is 0. The summed E-state index contributed by atoms with van der Waals surface area (Å²) in [5.74, 6) is 3.24. The monoisotopic (exact) mass is 212 g/mol. The molecule has 0 radical (unpaired) electrons. The molecule has 1 unspecified atom stereocenters. The molecule has 0 aliphatic rings. The van der Waals surface area contributed by atoms with E-state index in [1.165, 1.54) is 6.26 Å². The highest BCUT2D eigenvalue weighted by Gasteiger charge is 2.31. The van der Waals surface area contributed by atoms with Crippen LogP contribution < -0.4 is 0 Å². The third-order valence-corrected chi connectivity index (χ3v) is 2.53. The molecule has 0 amide bonds. The van der Waals surface area contributed by atoms with Crippen LogP contribution in [0.4, 0.5) is 13.2 Å². The lowest BCUT2D eigenvalue weighted by atomic mass is 10.7. The molecule has 13 heavy (non-hydrogen) atoms. The van der Waals surface area contributed by atoms with Crippen molar-refractivity contribution in [1.82, 2.24) is 9.78 Å². The summed E-state index contributed by atoms with van der Waals surface area (Å²) in [5.41, 5.74) is 0. The molecule has 0 N–H and O–H groups in total. The highest BCUT2D eigenvalue weighted by molar-refractivity contribution is 7.99. The van der Waals surface area contributed by atoms with Crippen LogP contribution >= 0.6 is 0 Å². The second-order valence-corrected chi connectivity index (χ2v) is 5.07. The third kappa shape index (κ3) is 2.24. The number of hydrogen-bond acceptors (Lipinski definition) is 2. The van der Waals surface area contributed by atoms with Crippen molar-refractivity contribution in [1.29, 1.82) is 0 Å². The van der Waals surface area contributed by atoms with E-state index in [9.17, 15) is 17.4 Å². The first-order valence-corrected chi connectivity index (χ1v) is 5.29. The Labute approximate surface area is 73.2 Å². The first-order chi connectivity index (χ1) is 5.71. The molecule has 1 aromatic rings. The smallest absolute Gasteiger partial charge is 0.263 e. The van der Waals surface area contributed by atoms with Gasteiger partial charge in [-0.15, -0.1) is 13.2 Å². The van der Waals surface area contributed by atoms with Gasteiger partial charge < -0.3 is 0 Å². The van der Waals surface area contributed by atoms with Crippen molar-refractivity contribution in [3.8, 4) is 0 Å². The Morgan fingerprint density at radius 2 is 2.15 bits per heavy atom. The lowest BCUT2D eigenvalue weighted by Gasteiger charge is -2.03. The zero-order valence-electron chi connectivity index (χ0n) is 6.71. The Kier molecular flexibility index (Phi) is 2.15. The number of alkyl halides is 3. The number of hydrogen-bond donors (Lipinski definition) is 0. The van der Waals surface area contributed by atoms with E-state index in [1.54, 1.807) is 0 Å². The minimum absolute atomic E-state index is 0.00942. The molecule has 74 valence electrons. The molecule has 0 fully saturated rings. The summed E-state index contributed by atoms with van der Waals surface area (Å²) in [7, 11) is -2.63. The predicted molar refractivity (Wildman–Crippen MR) is 43.0 cm³/mol. The van der Waals surface area contributed by atoms with Crippen LogP contribution in [-0.4, -0.2) is 26.1 Å². The zero-order valence-corrected chi connectivity index (χ0v) is 7.52. The van der Waals surface area contributed by atoms with Gasteiger partial charge in [0.1, 0.15) is 0 Å². The first-order valence-electron chi connectivity index (χ1n) is 3.15. The molecule has 0 bridgehead atoms. The van der Waals surface area contributed by atoms with Crippen LogP contribution in [0.2, 0.25) is 0 Å². The van der Waals surface area contributed by atoms with E-state index >= 15 is 0 Å². The number of nitrogens with zero attached hydrogens (tertiary/aromatic N) is 2. The van der Waals surface area contributed by atoms with Crippen molar-refractivity contribution < 1.29 is 17.4 Å². The third-order valence-electron chi connectivity index (χ3n) is 1.32. The molecule has 1 heterocycles. The van der Waals surface area contributed by atoms with Gasteiger partial charge in [0, 0.05) is 12.5 Å². The summed E-state index contributed by atoms with van der Waals surface area (Å²) < 4.78 is 46.9. The largest absolute Gasteiger partial charge is 0.504 e. The van der Waals surface area contributed by atoms with Crippen molar-refractivity contribution in [3.63, 3.8) is 0 Å². The van der Waals surface area contributed by atoms with Crippen molar-refractivity contribution in [2.45, 2.75) is 11.2 Å². The van der Waals surface area contributed by atoms with E-state index in [0.717, 1.165) is 6.20 Å². The molecule has 0 aromatic carbocycles. The SMILES string of the molecule is C=S(C)(=O)c1cnn(C(F)(F)F)c1. The molecule has 0 spiro atoms. The summed E-state index contributed by atoms with van der Waals surface area (Å²) in [6.07, 6.45) is -1.73. The number of halogens is 3. The van der Waals surface area contributed by atoms with Gasteiger partial charge in [-0.1, -0.05) is 0 Å². The quantitative estimate of drug-likeness (QED) is 0.652. The van der Waals surface area contributed by atoms with Gasteiger partial charge in [0.25, 0.3) is 0 Å². The van der Waals surface area contributed by atoms with Gasteiger partial charge in [0.05, 0.1) is 11.1 Å². The fraction of sp³-hybridized carbons (Fsp3) is 0.333. The Morgan fingerprint density at radius 1 is 1.62 bits per heavy atom. The second kappa shape index (κ2) is 2.76. The zero-order chi connectivity index (χ0) is 10.3. The normalized spacial score (nSPS) is 16.9. The second-order valence-electron chi connectivity index (χ2n) is 2.59. The standard InChI is InChI=1S/C6H7F3N2OS/c1-13(2,12)5-3-10-11(4-5)6(7,8)9/h3-4H,1H2,2H3. The minimum Gasteiger partial charge on any atom is -0.263 e. The molecular formula is C6H7F3N2OS. The topological polar surface area (TPSA) is 34.9 Å². The van der Waals surface area contributed by atoms with Gasteiger partial charge in [0.2, 0.25) is 0 Å². The molecule has 1 rings (SSSR count). The maximum absolute atomic E-state index is 12.0. The van der Waals surface area contributed by atoms with Crippen molar-refractivity contribution in [3.05, 3.63) is 12.4 Å². The fourth-order valence-electron chi connectivity index (χ4n) is 0.668. The summed E-state index contributed by atoms with van der Waals surface area (Å²) >= 11 is 0. The first kappa shape index (κ1) is 10.1. The van der Waals surface area contributed by atoms with Gasteiger partial charge in [-0.2, -0.15) is 9.78 Å². The molecule has 0 saturated carbocycles. The van der Waals surface area contributed by atoms with Crippen LogP contribution in [0.25, 0.3) is 0 Å². The van der Waals surface area contributed by atoms with Crippen LogP contribution in [0.1, 0.15) is 0 Å². The maximum Gasteiger partial charge on any atom is 0.504 e. The summed E-state index contributed by atoms with van der Waals surface area (Å²) in [4.78, 5) is -0.00942. The molecule has 0 aliphatic carbocycles. The van der Waals surface area contributed by atoms with E-state index in [2.05, 4.69) is 11.0 Å². The van der Waals surface area contributed by atoms with Crippen molar-refractivity contribution in [2.75, 3.05) is 6.26 Å². The van der Waals surface area contributed by atoms with Crippen LogP contribution in [-0.2, 0) is 15.8 Å². The predicted octanol–water partition coefficient (Wildman–Crippen LogP) is 1.06. The Bertz CT molecular complexity index is 404. The van der Waals surface area contributed by atoms with Crippen LogP contribution in [0.15, 0.2) is 17.3 Å². The highest BCUT2D eigenvalue weighted by Crippen LogP contribution is 2.22. The average Bonchev–Trinajstić information content (AvgIpc) is 2.28.